The van der Waals surface area contributed by atoms with Crippen LogP contribution in [0.5, 0.6) is 0 Å². The van der Waals surface area contributed by atoms with Gasteiger partial charge in [-0.2, -0.15) is 0 Å². The fourth-order valence-corrected chi connectivity index (χ4v) is 3.97. The molecule has 2 aliphatic rings. The molecule has 0 radical (unpaired) electrons. The van der Waals surface area contributed by atoms with E-state index in [2.05, 4.69) is 9.88 Å². The smallest absolute Gasteiger partial charge is 0.254 e. The maximum Gasteiger partial charge on any atom is 0.254 e. The highest BCUT2D eigenvalue weighted by molar-refractivity contribution is 5.98. The van der Waals surface area contributed by atoms with E-state index < -0.39 is 0 Å². The van der Waals surface area contributed by atoms with E-state index in [-0.39, 0.29) is 12.0 Å². The molecule has 1 saturated heterocycles. The minimum atomic E-state index is -0.187. The average molecular weight is 313 g/mol. The summed E-state index contributed by atoms with van der Waals surface area (Å²) < 4.78 is 0. The molecule has 5 heteroatoms. The Morgan fingerprint density at radius 3 is 2.70 bits per heavy atom. The average Bonchev–Trinajstić information content (AvgIpc) is 3.22. The normalized spacial score (nSPS) is 26.0. The van der Waals surface area contributed by atoms with Gasteiger partial charge in [-0.1, -0.05) is 6.07 Å². The molecule has 1 aliphatic carbocycles. The third kappa shape index (κ3) is 2.75. The SMILES string of the molecule is O=C(c1ccc2cc[nH]c2c1)N1CCN([C@@H]2CCC[C@H]2O)CC1. The number of nitrogens with zero attached hydrogens (tertiary/aromatic N) is 2. The first-order chi connectivity index (χ1) is 11.2. The van der Waals surface area contributed by atoms with Crippen molar-refractivity contribution in [1.82, 2.24) is 14.8 Å². The standard InChI is InChI=1S/C18H23N3O2/c22-17-3-1-2-16(17)20-8-10-21(11-9-20)18(23)14-5-4-13-6-7-19-15(13)12-14/h4-7,12,16-17,19,22H,1-3,8-11H2/t16-,17-/m1/s1. The van der Waals surface area contributed by atoms with Gasteiger partial charge in [-0.05, 0) is 42.8 Å². The van der Waals surface area contributed by atoms with Gasteiger partial charge in [-0.3, -0.25) is 9.69 Å². The van der Waals surface area contributed by atoms with Crippen molar-refractivity contribution in [1.29, 1.82) is 0 Å². The molecular weight excluding hydrogens is 290 g/mol. The lowest BCUT2D eigenvalue weighted by Gasteiger charge is -2.39. The summed E-state index contributed by atoms with van der Waals surface area (Å²) in [4.78, 5) is 20.2. The van der Waals surface area contributed by atoms with Crippen LogP contribution in [0.15, 0.2) is 30.5 Å². The highest BCUT2D eigenvalue weighted by atomic mass is 16.3. The first-order valence-electron chi connectivity index (χ1n) is 8.51. The number of hydrogen-bond acceptors (Lipinski definition) is 3. The number of aromatic amines is 1. The predicted molar refractivity (Wildman–Crippen MR) is 89.4 cm³/mol. The van der Waals surface area contributed by atoms with Gasteiger partial charge in [-0.15, -0.1) is 0 Å². The Balaban J connectivity index is 1.42. The molecule has 4 rings (SSSR count). The van der Waals surface area contributed by atoms with Crippen LogP contribution in [-0.4, -0.2) is 64.1 Å². The molecule has 122 valence electrons. The van der Waals surface area contributed by atoms with Crippen LogP contribution in [0, 0.1) is 0 Å². The van der Waals surface area contributed by atoms with Crippen LogP contribution in [-0.2, 0) is 0 Å². The summed E-state index contributed by atoms with van der Waals surface area (Å²) in [5.74, 6) is 0.105. The molecule has 0 bridgehead atoms. The summed E-state index contributed by atoms with van der Waals surface area (Å²) in [5, 5.41) is 11.2. The lowest BCUT2D eigenvalue weighted by Crippen LogP contribution is -2.53. The van der Waals surface area contributed by atoms with Crippen LogP contribution in [0.25, 0.3) is 10.9 Å². The van der Waals surface area contributed by atoms with E-state index in [1.54, 1.807) is 0 Å². The molecular formula is C18H23N3O2. The van der Waals surface area contributed by atoms with E-state index in [9.17, 15) is 9.90 Å². The lowest BCUT2D eigenvalue weighted by atomic mass is 10.1. The Labute approximate surface area is 135 Å². The zero-order valence-corrected chi connectivity index (χ0v) is 13.2. The van der Waals surface area contributed by atoms with Gasteiger partial charge in [0.1, 0.15) is 0 Å². The number of piperazine rings is 1. The number of H-pyrrole nitrogens is 1. The Morgan fingerprint density at radius 1 is 1.13 bits per heavy atom. The third-order valence-corrected chi connectivity index (χ3v) is 5.32. The summed E-state index contributed by atoms with van der Waals surface area (Å²) >= 11 is 0. The predicted octanol–water partition coefficient (Wildman–Crippen LogP) is 1.84. The van der Waals surface area contributed by atoms with Crippen molar-refractivity contribution in [2.24, 2.45) is 0 Å². The van der Waals surface area contributed by atoms with Gasteiger partial charge in [0.25, 0.3) is 5.91 Å². The van der Waals surface area contributed by atoms with E-state index in [1.807, 2.05) is 35.4 Å². The number of aliphatic hydroxyl groups excluding tert-OH is 1. The van der Waals surface area contributed by atoms with Gasteiger partial charge in [-0.25, -0.2) is 0 Å². The zero-order chi connectivity index (χ0) is 15.8. The van der Waals surface area contributed by atoms with Gasteiger partial charge >= 0.3 is 0 Å². The number of carbonyl (C=O) groups excluding carboxylic acids is 1. The molecule has 2 atom stereocenters. The molecule has 2 heterocycles. The molecule has 2 N–H and O–H groups in total. The number of benzene rings is 1. The quantitative estimate of drug-likeness (QED) is 0.889. The molecule has 23 heavy (non-hydrogen) atoms. The topological polar surface area (TPSA) is 59.6 Å². The van der Waals surface area contributed by atoms with Crippen LogP contribution in [0.2, 0.25) is 0 Å². The van der Waals surface area contributed by atoms with Crippen LogP contribution >= 0.6 is 0 Å². The first kappa shape index (κ1) is 14.7. The van der Waals surface area contributed by atoms with E-state index >= 15 is 0 Å². The number of hydrogen-bond donors (Lipinski definition) is 2. The van der Waals surface area contributed by atoms with Crippen molar-refractivity contribution < 1.29 is 9.90 Å². The van der Waals surface area contributed by atoms with Crippen LogP contribution in [0.4, 0.5) is 0 Å². The molecule has 1 amide bonds. The molecule has 1 aromatic carbocycles. The van der Waals surface area contributed by atoms with Crippen LogP contribution in [0.1, 0.15) is 29.6 Å². The van der Waals surface area contributed by atoms with Gasteiger partial charge < -0.3 is 15.0 Å². The van der Waals surface area contributed by atoms with Crippen molar-refractivity contribution in [3.63, 3.8) is 0 Å². The molecule has 5 nitrogen and oxygen atoms in total. The molecule has 1 aromatic heterocycles. The monoisotopic (exact) mass is 313 g/mol. The highest BCUT2D eigenvalue weighted by Crippen LogP contribution is 2.25. The minimum Gasteiger partial charge on any atom is -0.391 e. The fraction of sp³-hybridized carbons (Fsp3) is 0.500. The Hall–Kier alpha value is -1.85. The maximum absolute atomic E-state index is 12.7. The Kier molecular flexibility index (Phi) is 3.83. The molecule has 0 unspecified atom stereocenters. The van der Waals surface area contributed by atoms with Crippen LogP contribution < -0.4 is 0 Å². The molecule has 0 spiro atoms. The Bertz CT molecular complexity index is 703. The number of amides is 1. The summed E-state index contributed by atoms with van der Waals surface area (Å²) in [5.41, 5.74) is 1.75. The van der Waals surface area contributed by atoms with Gasteiger partial charge in [0.2, 0.25) is 0 Å². The zero-order valence-electron chi connectivity index (χ0n) is 13.2. The second-order valence-corrected chi connectivity index (χ2v) is 6.67. The molecule has 1 aliphatic heterocycles. The number of rotatable bonds is 2. The van der Waals surface area contributed by atoms with Crippen molar-refractivity contribution in [2.75, 3.05) is 26.2 Å². The number of aliphatic hydroxyl groups is 1. The van der Waals surface area contributed by atoms with E-state index in [0.717, 1.165) is 61.9 Å². The van der Waals surface area contributed by atoms with Crippen molar-refractivity contribution >= 4 is 16.8 Å². The second-order valence-electron chi connectivity index (χ2n) is 6.67. The molecule has 1 saturated carbocycles. The lowest BCUT2D eigenvalue weighted by molar-refractivity contribution is 0.0315. The summed E-state index contributed by atoms with van der Waals surface area (Å²) in [7, 11) is 0. The number of aromatic nitrogens is 1. The van der Waals surface area contributed by atoms with Crippen molar-refractivity contribution in [3.8, 4) is 0 Å². The van der Waals surface area contributed by atoms with E-state index in [0.29, 0.717) is 6.04 Å². The summed E-state index contributed by atoms with van der Waals surface area (Å²) in [6, 6.07) is 8.14. The third-order valence-electron chi connectivity index (χ3n) is 5.32. The number of fused-ring (bicyclic) bond motifs is 1. The van der Waals surface area contributed by atoms with E-state index in [1.165, 1.54) is 0 Å². The molecule has 2 aromatic rings. The second kappa shape index (κ2) is 5.98. The van der Waals surface area contributed by atoms with Crippen molar-refractivity contribution in [3.05, 3.63) is 36.0 Å². The van der Waals surface area contributed by atoms with Gasteiger partial charge in [0, 0.05) is 49.5 Å². The largest absolute Gasteiger partial charge is 0.391 e. The highest BCUT2D eigenvalue weighted by Gasteiger charge is 2.33. The number of carbonyl (C=O) groups is 1. The van der Waals surface area contributed by atoms with Crippen LogP contribution in [0.3, 0.4) is 0 Å². The summed E-state index contributed by atoms with van der Waals surface area (Å²) in [6.07, 6.45) is 4.82. The Morgan fingerprint density at radius 2 is 1.96 bits per heavy atom. The summed E-state index contributed by atoms with van der Waals surface area (Å²) in [6.45, 7) is 3.20. The van der Waals surface area contributed by atoms with Gasteiger partial charge in [0.15, 0.2) is 0 Å². The maximum atomic E-state index is 12.7. The van der Waals surface area contributed by atoms with Gasteiger partial charge in [0.05, 0.1) is 6.10 Å². The van der Waals surface area contributed by atoms with E-state index in [4.69, 9.17) is 0 Å². The fourth-order valence-electron chi connectivity index (χ4n) is 3.97. The van der Waals surface area contributed by atoms with Crippen molar-refractivity contribution in [2.45, 2.75) is 31.4 Å². The minimum absolute atomic E-state index is 0.105. The first-order valence-corrected chi connectivity index (χ1v) is 8.51. The molecule has 2 fully saturated rings. The number of nitrogens with one attached hydrogen (secondary N) is 1.